The lowest BCUT2D eigenvalue weighted by molar-refractivity contribution is -0.123. The molecule has 0 aliphatic carbocycles. The smallest absolute Gasteiger partial charge is 0.341 e. The summed E-state index contributed by atoms with van der Waals surface area (Å²) in [4.78, 5) is 38.8. The second-order valence-corrected chi connectivity index (χ2v) is 5.92. The van der Waals surface area contributed by atoms with Crippen LogP contribution in [0.25, 0.3) is 10.9 Å². The van der Waals surface area contributed by atoms with E-state index in [4.69, 9.17) is 4.74 Å². The molecule has 26 heavy (non-hydrogen) atoms. The van der Waals surface area contributed by atoms with Crippen molar-refractivity contribution in [2.24, 2.45) is 0 Å². The van der Waals surface area contributed by atoms with E-state index in [1.54, 1.807) is 30.5 Å². The number of amides is 1. The number of nitrogens with one attached hydrogen (secondary N) is 2. The van der Waals surface area contributed by atoms with Crippen molar-refractivity contribution in [2.75, 3.05) is 5.32 Å². The molecule has 1 atom stereocenters. The molecule has 1 aromatic heterocycles. The number of fused-ring (bicyclic) bond motifs is 1. The van der Waals surface area contributed by atoms with Crippen LogP contribution in [0.5, 0.6) is 0 Å². The summed E-state index contributed by atoms with van der Waals surface area (Å²) in [6, 6.07) is 13.9. The largest absolute Gasteiger partial charge is 0.449 e. The summed E-state index contributed by atoms with van der Waals surface area (Å²) in [6.45, 7) is 2.98. The van der Waals surface area contributed by atoms with Gasteiger partial charge in [-0.15, -0.1) is 0 Å². The lowest BCUT2D eigenvalue weighted by Crippen LogP contribution is -2.29. The van der Waals surface area contributed by atoms with Gasteiger partial charge in [0.05, 0.1) is 5.56 Å². The van der Waals surface area contributed by atoms with Gasteiger partial charge in [-0.25, -0.2) is 4.79 Å². The fourth-order valence-corrected chi connectivity index (χ4v) is 2.55. The molecule has 0 spiro atoms. The minimum Gasteiger partial charge on any atom is -0.449 e. The number of ether oxygens (including phenoxy) is 1. The summed E-state index contributed by atoms with van der Waals surface area (Å²) >= 11 is 0. The van der Waals surface area contributed by atoms with Gasteiger partial charge in [-0.2, -0.15) is 0 Å². The van der Waals surface area contributed by atoms with Crippen LogP contribution >= 0.6 is 0 Å². The zero-order chi connectivity index (χ0) is 18.7. The number of H-pyrrole nitrogens is 1. The Bertz CT molecular complexity index is 973. The molecule has 3 rings (SSSR count). The number of aromatic amines is 1. The average Bonchev–Trinajstić information content (AvgIpc) is 3.06. The molecule has 0 saturated carbocycles. The summed E-state index contributed by atoms with van der Waals surface area (Å²) in [5.41, 5.74) is 2.28. The highest BCUT2D eigenvalue weighted by Crippen LogP contribution is 2.19. The zero-order valence-electron chi connectivity index (χ0n) is 14.4. The maximum atomic E-state index is 12.3. The van der Waals surface area contributed by atoms with Crippen molar-refractivity contribution in [1.82, 2.24) is 4.98 Å². The third kappa shape index (κ3) is 3.64. The lowest BCUT2D eigenvalue weighted by Gasteiger charge is -2.13. The number of esters is 1. The van der Waals surface area contributed by atoms with Gasteiger partial charge >= 0.3 is 5.97 Å². The first-order valence-corrected chi connectivity index (χ1v) is 8.14. The lowest BCUT2D eigenvalue weighted by atomic mass is 10.1. The Kier molecular flexibility index (Phi) is 4.84. The molecule has 0 fully saturated rings. The van der Waals surface area contributed by atoms with Gasteiger partial charge in [-0.05, 0) is 44.2 Å². The van der Waals surface area contributed by atoms with Crippen LogP contribution in [0.2, 0.25) is 0 Å². The first-order chi connectivity index (χ1) is 12.5. The Balaban J connectivity index is 1.65. The van der Waals surface area contributed by atoms with E-state index in [1.807, 2.05) is 24.3 Å². The zero-order valence-corrected chi connectivity index (χ0v) is 14.4. The molecular formula is C20H18N2O4. The quantitative estimate of drug-likeness (QED) is 0.544. The first-order valence-electron chi connectivity index (χ1n) is 8.14. The monoisotopic (exact) mass is 350 g/mol. The van der Waals surface area contributed by atoms with Gasteiger partial charge in [0.1, 0.15) is 0 Å². The topological polar surface area (TPSA) is 88.3 Å². The van der Waals surface area contributed by atoms with E-state index in [0.717, 1.165) is 10.9 Å². The SMILES string of the molecule is CC(=O)c1ccc(NC(=O)[C@@H](C)OC(=O)c2c[nH]c3ccccc23)cc1. The average molecular weight is 350 g/mol. The maximum Gasteiger partial charge on any atom is 0.341 e. The van der Waals surface area contributed by atoms with E-state index < -0.39 is 18.0 Å². The molecule has 0 radical (unpaired) electrons. The van der Waals surface area contributed by atoms with Crippen LogP contribution in [0.15, 0.2) is 54.7 Å². The number of carbonyl (C=O) groups excluding carboxylic acids is 3. The number of para-hydroxylation sites is 1. The third-order valence-electron chi connectivity index (χ3n) is 4.02. The van der Waals surface area contributed by atoms with Crippen LogP contribution in [-0.2, 0) is 9.53 Å². The van der Waals surface area contributed by atoms with Gasteiger partial charge in [-0.1, -0.05) is 18.2 Å². The maximum absolute atomic E-state index is 12.3. The standard InChI is InChI=1S/C20H18N2O4/c1-12(23)14-7-9-15(10-8-14)22-19(24)13(2)26-20(25)17-11-21-18-6-4-3-5-16(17)18/h3-11,13,21H,1-2H3,(H,22,24)/t13-/m1/s1. The van der Waals surface area contributed by atoms with E-state index in [9.17, 15) is 14.4 Å². The Labute approximate surface area is 150 Å². The number of anilines is 1. The summed E-state index contributed by atoms with van der Waals surface area (Å²) < 4.78 is 5.27. The van der Waals surface area contributed by atoms with Crippen LogP contribution in [-0.4, -0.2) is 28.7 Å². The number of aromatic nitrogens is 1. The van der Waals surface area contributed by atoms with Crippen molar-refractivity contribution < 1.29 is 19.1 Å². The number of benzene rings is 2. The van der Waals surface area contributed by atoms with Crippen molar-refractivity contribution in [2.45, 2.75) is 20.0 Å². The van der Waals surface area contributed by atoms with Crippen molar-refractivity contribution in [3.05, 3.63) is 65.9 Å². The number of hydrogen-bond acceptors (Lipinski definition) is 4. The van der Waals surface area contributed by atoms with Gasteiger partial charge in [0.15, 0.2) is 11.9 Å². The van der Waals surface area contributed by atoms with Crippen LogP contribution in [0, 0.1) is 0 Å². The van der Waals surface area contributed by atoms with Gasteiger partial charge in [0.2, 0.25) is 0 Å². The van der Waals surface area contributed by atoms with E-state index in [0.29, 0.717) is 16.8 Å². The van der Waals surface area contributed by atoms with E-state index in [-0.39, 0.29) is 5.78 Å². The molecule has 132 valence electrons. The van der Waals surface area contributed by atoms with Crippen molar-refractivity contribution >= 4 is 34.3 Å². The van der Waals surface area contributed by atoms with Gasteiger partial charge in [-0.3, -0.25) is 9.59 Å². The summed E-state index contributed by atoms with van der Waals surface area (Å²) in [5.74, 6) is -1.07. The van der Waals surface area contributed by atoms with Crippen LogP contribution in [0.4, 0.5) is 5.69 Å². The number of ketones is 1. The second-order valence-electron chi connectivity index (χ2n) is 5.92. The molecule has 6 nitrogen and oxygen atoms in total. The molecule has 2 N–H and O–H groups in total. The fraction of sp³-hybridized carbons (Fsp3) is 0.150. The van der Waals surface area contributed by atoms with Crippen LogP contribution in [0.1, 0.15) is 34.6 Å². The molecule has 3 aromatic rings. The number of hydrogen-bond donors (Lipinski definition) is 2. The summed E-state index contributed by atoms with van der Waals surface area (Å²) in [6.07, 6.45) is 0.599. The van der Waals surface area contributed by atoms with Gasteiger partial charge in [0, 0.05) is 28.4 Å². The van der Waals surface area contributed by atoms with Crippen LogP contribution in [0.3, 0.4) is 0 Å². The molecule has 0 saturated heterocycles. The Morgan fingerprint density at radius 1 is 1.04 bits per heavy atom. The molecule has 0 aliphatic heterocycles. The van der Waals surface area contributed by atoms with Gasteiger partial charge < -0.3 is 15.0 Å². The number of Topliss-reactive ketones (excluding diaryl/α,β-unsaturated/α-hetero) is 1. The predicted octanol–water partition coefficient (Wildman–Crippen LogP) is 3.55. The highest BCUT2D eigenvalue weighted by atomic mass is 16.5. The van der Waals surface area contributed by atoms with Crippen LogP contribution < -0.4 is 5.32 Å². The summed E-state index contributed by atoms with van der Waals surface area (Å²) in [7, 11) is 0. The van der Waals surface area contributed by atoms with E-state index in [2.05, 4.69) is 10.3 Å². The predicted molar refractivity (Wildman–Crippen MR) is 98.3 cm³/mol. The van der Waals surface area contributed by atoms with Crippen molar-refractivity contribution in [3.8, 4) is 0 Å². The molecule has 1 heterocycles. The number of carbonyl (C=O) groups is 3. The Morgan fingerprint density at radius 2 is 1.73 bits per heavy atom. The minimum absolute atomic E-state index is 0.0519. The third-order valence-corrected chi connectivity index (χ3v) is 4.02. The molecule has 2 aromatic carbocycles. The van der Waals surface area contributed by atoms with Gasteiger partial charge in [0.25, 0.3) is 5.91 Å². The molecule has 0 unspecified atom stereocenters. The van der Waals surface area contributed by atoms with Crippen molar-refractivity contribution in [1.29, 1.82) is 0 Å². The molecule has 0 bridgehead atoms. The summed E-state index contributed by atoms with van der Waals surface area (Å²) in [5, 5.41) is 3.40. The highest BCUT2D eigenvalue weighted by molar-refractivity contribution is 6.05. The molecule has 6 heteroatoms. The molecule has 1 amide bonds. The fourth-order valence-electron chi connectivity index (χ4n) is 2.55. The number of rotatable bonds is 5. The Morgan fingerprint density at radius 3 is 2.42 bits per heavy atom. The Hall–Kier alpha value is -3.41. The van der Waals surface area contributed by atoms with E-state index >= 15 is 0 Å². The minimum atomic E-state index is -0.969. The van der Waals surface area contributed by atoms with E-state index in [1.165, 1.54) is 13.8 Å². The molecular weight excluding hydrogens is 332 g/mol. The highest BCUT2D eigenvalue weighted by Gasteiger charge is 2.21. The normalized spacial score (nSPS) is 11.8. The molecule has 0 aliphatic rings. The first kappa shape index (κ1) is 17.4. The second kappa shape index (κ2) is 7.23. The van der Waals surface area contributed by atoms with Crippen molar-refractivity contribution in [3.63, 3.8) is 0 Å².